The van der Waals surface area contributed by atoms with Gasteiger partial charge >= 0.3 is 0 Å². The maximum atomic E-state index is 8.81. The van der Waals surface area contributed by atoms with Gasteiger partial charge in [0, 0.05) is 24.2 Å². The Morgan fingerprint density at radius 3 is 2.52 bits per heavy atom. The minimum absolute atomic E-state index is 0.0898. The molecule has 2 rings (SSSR count). The van der Waals surface area contributed by atoms with Crippen LogP contribution in [0.25, 0.3) is 0 Å². The van der Waals surface area contributed by atoms with Crippen LogP contribution in [0.15, 0.2) is 36.4 Å². The number of nitrogens with one attached hydrogen (secondary N) is 1. The average molecular weight is 336 g/mol. The summed E-state index contributed by atoms with van der Waals surface area (Å²) in [5.74, 6) is 1.26. The average Bonchev–Trinajstić information content (AvgIpc) is 2.56. The first-order valence-corrected chi connectivity index (χ1v) is 7.88. The summed E-state index contributed by atoms with van der Waals surface area (Å²) in [7, 11) is 1.60. The van der Waals surface area contributed by atoms with E-state index in [0.29, 0.717) is 36.2 Å². The summed E-state index contributed by atoms with van der Waals surface area (Å²) in [6.45, 7) is 3.68. The third kappa shape index (κ3) is 5.13. The van der Waals surface area contributed by atoms with Gasteiger partial charge in [-0.1, -0.05) is 41.4 Å². The van der Waals surface area contributed by atoms with Crippen molar-refractivity contribution >= 4 is 11.6 Å². The van der Waals surface area contributed by atoms with Crippen LogP contribution >= 0.6 is 11.6 Å². The SMILES string of the molecule is COc1cc(CNCCO)c(Cl)cc1OCc1ccc(C)cc1. The number of rotatable bonds is 8. The summed E-state index contributed by atoms with van der Waals surface area (Å²) in [6.07, 6.45) is 0. The summed E-state index contributed by atoms with van der Waals surface area (Å²) >= 11 is 6.30. The largest absolute Gasteiger partial charge is 0.493 e. The highest BCUT2D eigenvalue weighted by atomic mass is 35.5. The molecule has 0 amide bonds. The predicted octanol–water partition coefficient (Wildman–Crippen LogP) is 3.32. The fourth-order valence-electron chi connectivity index (χ4n) is 2.13. The molecule has 0 bridgehead atoms. The monoisotopic (exact) mass is 335 g/mol. The molecule has 0 spiro atoms. The summed E-state index contributed by atoms with van der Waals surface area (Å²) < 4.78 is 11.2. The normalized spacial score (nSPS) is 10.6. The van der Waals surface area contributed by atoms with Crippen LogP contribution in [0, 0.1) is 6.92 Å². The second kappa shape index (κ2) is 8.77. The number of aliphatic hydroxyl groups is 1. The zero-order valence-electron chi connectivity index (χ0n) is 13.4. The predicted molar refractivity (Wildman–Crippen MR) is 92.3 cm³/mol. The van der Waals surface area contributed by atoms with Crippen LogP contribution < -0.4 is 14.8 Å². The van der Waals surface area contributed by atoms with E-state index in [1.807, 2.05) is 18.2 Å². The van der Waals surface area contributed by atoms with Crippen molar-refractivity contribution in [3.8, 4) is 11.5 Å². The van der Waals surface area contributed by atoms with Gasteiger partial charge in [-0.25, -0.2) is 0 Å². The third-order valence-electron chi connectivity index (χ3n) is 3.45. The Balaban J connectivity index is 2.08. The molecule has 0 radical (unpaired) electrons. The fraction of sp³-hybridized carbons (Fsp3) is 0.333. The van der Waals surface area contributed by atoms with E-state index >= 15 is 0 Å². The topological polar surface area (TPSA) is 50.7 Å². The van der Waals surface area contributed by atoms with Gasteiger partial charge in [-0.2, -0.15) is 0 Å². The molecule has 2 aromatic rings. The molecule has 2 N–H and O–H groups in total. The minimum Gasteiger partial charge on any atom is -0.493 e. The molecule has 23 heavy (non-hydrogen) atoms. The van der Waals surface area contributed by atoms with E-state index in [1.54, 1.807) is 13.2 Å². The van der Waals surface area contributed by atoms with Gasteiger partial charge in [0.1, 0.15) is 6.61 Å². The van der Waals surface area contributed by atoms with E-state index in [4.69, 9.17) is 26.2 Å². The minimum atomic E-state index is 0.0898. The summed E-state index contributed by atoms with van der Waals surface area (Å²) in [6, 6.07) is 11.8. The maximum Gasteiger partial charge on any atom is 0.163 e. The van der Waals surface area contributed by atoms with Gasteiger partial charge in [0.25, 0.3) is 0 Å². The molecule has 0 fully saturated rings. The molecule has 5 heteroatoms. The highest BCUT2D eigenvalue weighted by Crippen LogP contribution is 2.33. The smallest absolute Gasteiger partial charge is 0.163 e. The quantitative estimate of drug-likeness (QED) is 0.727. The van der Waals surface area contributed by atoms with Crippen molar-refractivity contribution in [1.29, 1.82) is 0 Å². The van der Waals surface area contributed by atoms with Gasteiger partial charge in [-0.05, 0) is 24.1 Å². The van der Waals surface area contributed by atoms with Gasteiger partial charge in [-0.15, -0.1) is 0 Å². The van der Waals surface area contributed by atoms with Gasteiger partial charge in [-0.3, -0.25) is 0 Å². The fourth-order valence-corrected chi connectivity index (χ4v) is 2.35. The molecule has 0 heterocycles. The van der Waals surface area contributed by atoms with Gasteiger partial charge in [0.15, 0.2) is 11.5 Å². The molecule has 0 aliphatic rings. The second-order valence-corrected chi connectivity index (χ2v) is 5.68. The zero-order chi connectivity index (χ0) is 16.7. The molecule has 0 atom stereocenters. The Labute approximate surface area is 142 Å². The van der Waals surface area contributed by atoms with Crippen molar-refractivity contribution in [2.75, 3.05) is 20.3 Å². The van der Waals surface area contributed by atoms with Crippen molar-refractivity contribution in [2.45, 2.75) is 20.1 Å². The van der Waals surface area contributed by atoms with Crippen LogP contribution in [0.2, 0.25) is 5.02 Å². The van der Waals surface area contributed by atoms with Crippen LogP contribution in [0.3, 0.4) is 0 Å². The highest BCUT2D eigenvalue weighted by Gasteiger charge is 2.11. The Morgan fingerprint density at radius 2 is 1.87 bits per heavy atom. The third-order valence-corrected chi connectivity index (χ3v) is 3.80. The number of benzene rings is 2. The molecule has 124 valence electrons. The summed E-state index contributed by atoms with van der Waals surface area (Å²) in [4.78, 5) is 0. The van der Waals surface area contributed by atoms with Crippen molar-refractivity contribution in [1.82, 2.24) is 5.32 Å². The van der Waals surface area contributed by atoms with E-state index in [1.165, 1.54) is 5.56 Å². The standard InChI is InChI=1S/C18H22ClNO3/c1-13-3-5-14(6-4-13)12-23-18-10-16(19)15(9-17(18)22-2)11-20-7-8-21/h3-6,9-10,20-21H,7-8,11-12H2,1-2H3. The molecule has 0 saturated heterocycles. The number of aryl methyl sites for hydroxylation is 1. The van der Waals surface area contributed by atoms with Gasteiger partial charge < -0.3 is 19.9 Å². The van der Waals surface area contributed by atoms with Crippen LogP contribution in [0.1, 0.15) is 16.7 Å². The molecule has 2 aromatic carbocycles. The van der Waals surface area contributed by atoms with Crippen molar-refractivity contribution in [3.05, 3.63) is 58.1 Å². The molecule has 0 aliphatic heterocycles. The van der Waals surface area contributed by atoms with Crippen LogP contribution in [0.4, 0.5) is 0 Å². The molecule has 0 aliphatic carbocycles. The van der Waals surface area contributed by atoms with Crippen LogP contribution in [-0.2, 0) is 13.2 Å². The lowest BCUT2D eigenvalue weighted by Crippen LogP contribution is -2.17. The van der Waals surface area contributed by atoms with E-state index in [9.17, 15) is 0 Å². The number of methoxy groups -OCH3 is 1. The van der Waals surface area contributed by atoms with Crippen LogP contribution in [0.5, 0.6) is 11.5 Å². The van der Waals surface area contributed by atoms with E-state index in [-0.39, 0.29) is 6.61 Å². The van der Waals surface area contributed by atoms with E-state index in [0.717, 1.165) is 11.1 Å². The first-order chi connectivity index (χ1) is 11.1. The summed E-state index contributed by atoms with van der Waals surface area (Å²) in [5.41, 5.74) is 3.20. The lowest BCUT2D eigenvalue weighted by Gasteiger charge is -2.14. The molecule has 0 saturated carbocycles. The van der Waals surface area contributed by atoms with Crippen molar-refractivity contribution in [3.63, 3.8) is 0 Å². The number of ether oxygens (including phenoxy) is 2. The molecule has 0 aromatic heterocycles. The van der Waals surface area contributed by atoms with Crippen molar-refractivity contribution in [2.24, 2.45) is 0 Å². The Kier molecular flexibility index (Phi) is 6.71. The number of aliphatic hydroxyl groups excluding tert-OH is 1. The molecular weight excluding hydrogens is 314 g/mol. The molecular formula is C18H22ClNO3. The zero-order valence-corrected chi connectivity index (χ0v) is 14.2. The Morgan fingerprint density at radius 1 is 1.13 bits per heavy atom. The summed E-state index contributed by atoms with van der Waals surface area (Å²) in [5, 5.41) is 12.5. The number of hydrogen-bond acceptors (Lipinski definition) is 4. The Bertz CT molecular complexity index is 629. The van der Waals surface area contributed by atoms with Crippen molar-refractivity contribution < 1.29 is 14.6 Å². The number of halogens is 1. The first kappa shape index (κ1) is 17.6. The van der Waals surface area contributed by atoms with E-state index in [2.05, 4.69) is 24.4 Å². The van der Waals surface area contributed by atoms with Crippen LogP contribution in [-0.4, -0.2) is 25.4 Å². The molecule has 4 nitrogen and oxygen atoms in total. The van der Waals surface area contributed by atoms with E-state index < -0.39 is 0 Å². The van der Waals surface area contributed by atoms with Gasteiger partial charge in [0.05, 0.1) is 13.7 Å². The molecule has 0 unspecified atom stereocenters. The number of hydrogen-bond donors (Lipinski definition) is 2. The first-order valence-electron chi connectivity index (χ1n) is 7.50. The highest BCUT2D eigenvalue weighted by molar-refractivity contribution is 6.31. The Hall–Kier alpha value is -1.75. The lowest BCUT2D eigenvalue weighted by molar-refractivity contribution is 0.284. The van der Waals surface area contributed by atoms with Gasteiger partial charge in [0.2, 0.25) is 0 Å². The maximum absolute atomic E-state index is 8.81. The second-order valence-electron chi connectivity index (χ2n) is 5.27. The lowest BCUT2D eigenvalue weighted by atomic mass is 10.1.